The van der Waals surface area contributed by atoms with E-state index in [0.29, 0.717) is 16.9 Å². The Kier molecular flexibility index (Phi) is 3.42. The molecule has 0 aliphatic carbocycles. The molecule has 0 saturated carbocycles. The van der Waals surface area contributed by atoms with Crippen LogP contribution in [0.25, 0.3) is 0 Å². The fourth-order valence-electron chi connectivity index (χ4n) is 1.91. The van der Waals surface area contributed by atoms with Crippen molar-refractivity contribution in [3.8, 4) is 0 Å². The molecule has 2 aromatic rings. The van der Waals surface area contributed by atoms with Crippen LogP contribution >= 0.6 is 0 Å². The van der Waals surface area contributed by atoms with Crippen molar-refractivity contribution in [3.05, 3.63) is 53.1 Å². The zero-order valence-electron chi connectivity index (χ0n) is 11.0. The first kappa shape index (κ1) is 13.0. The number of aryl methyl sites for hydroxylation is 1. The van der Waals surface area contributed by atoms with Gasteiger partial charge in [0.05, 0.1) is 11.3 Å². The number of benzene rings is 2. The summed E-state index contributed by atoms with van der Waals surface area (Å²) in [6.45, 7) is 4.06. The molecule has 0 fully saturated rings. The number of anilines is 3. The lowest BCUT2D eigenvalue weighted by atomic mass is 10.1. The second kappa shape index (κ2) is 5.02. The first-order chi connectivity index (χ1) is 8.99. The Balaban J connectivity index is 2.45. The summed E-state index contributed by atoms with van der Waals surface area (Å²) in [5.74, 6) is -0.479. The van der Waals surface area contributed by atoms with Crippen LogP contribution in [-0.2, 0) is 0 Å². The molecule has 98 valence electrons. The lowest BCUT2D eigenvalue weighted by Crippen LogP contribution is -2.13. The number of nitrogen functional groups attached to an aromatic ring is 1. The number of nitrogens with one attached hydrogen (secondary N) is 1. The Morgan fingerprint density at radius 2 is 1.84 bits per heavy atom. The van der Waals surface area contributed by atoms with Crippen molar-refractivity contribution in [1.82, 2.24) is 0 Å². The summed E-state index contributed by atoms with van der Waals surface area (Å²) >= 11 is 0. The van der Waals surface area contributed by atoms with Gasteiger partial charge in [0.2, 0.25) is 0 Å². The Bertz CT molecular complexity index is 635. The highest BCUT2D eigenvalue weighted by Gasteiger charge is 2.10. The molecule has 0 aromatic heterocycles. The van der Waals surface area contributed by atoms with Crippen molar-refractivity contribution >= 4 is 23.0 Å². The van der Waals surface area contributed by atoms with Crippen LogP contribution in [0.4, 0.5) is 17.1 Å². The lowest BCUT2D eigenvalue weighted by Gasteiger charge is -2.14. The molecular weight excluding hydrogens is 238 g/mol. The van der Waals surface area contributed by atoms with Gasteiger partial charge in [-0.3, -0.25) is 4.79 Å². The zero-order valence-corrected chi connectivity index (χ0v) is 11.0. The Morgan fingerprint density at radius 3 is 2.53 bits per heavy atom. The van der Waals surface area contributed by atoms with Gasteiger partial charge in [-0.05, 0) is 49.2 Å². The lowest BCUT2D eigenvalue weighted by molar-refractivity contribution is 0.100. The van der Waals surface area contributed by atoms with Crippen molar-refractivity contribution in [2.45, 2.75) is 13.8 Å². The van der Waals surface area contributed by atoms with Crippen molar-refractivity contribution < 1.29 is 4.79 Å². The van der Waals surface area contributed by atoms with Gasteiger partial charge in [0, 0.05) is 11.4 Å². The number of nitrogens with two attached hydrogens (primary N) is 2. The minimum Gasteiger partial charge on any atom is -0.399 e. The van der Waals surface area contributed by atoms with E-state index >= 15 is 0 Å². The van der Waals surface area contributed by atoms with Gasteiger partial charge in [-0.25, -0.2) is 0 Å². The van der Waals surface area contributed by atoms with Crippen molar-refractivity contribution in [3.63, 3.8) is 0 Å². The summed E-state index contributed by atoms with van der Waals surface area (Å²) in [7, 11) is 0. The Labute approximate surface area is 112 Å². The fourth-order valence-corrected chi connectivity index (χ4v) is 1.91. The second-order valence-corrected chi connectivity index (χ2v) is 4.54. The predicted octanol–water partition coefficient (Wildman–Crippen LogP) is 2.73. The fraction of sp³-hybridized carbons (Fsp3) is 0.133. The van der Waals surface area contributed by atoms with Gasteiger partial charge in [0.1, 0.15) is 0 Å². The van der Waals surface area contributed by atoms with Crippen LogP contribution in [0, 0.1) is 13.8 Å². The summed E-state index contributed by atoms with van der Waals surface area (Å²) in [4.78, 5) is 11.4. The van der Waals surface area contributed by atoms with E-state index in [0.717, 1.165) is 11.3 Å². The Hall–Kier alpha value is -2.49. The van der Waals surface area contributed by atoms with E-state index < -0.39 is 5.91 Å². The van der Waals surface area contributed by atoms with Gasteiger partial charge < -0.3 is 16.8 Å². The van der Waals surface area contributed by atoms with Crippen LogP contribution in [-0.4, -0.2) is 5.91 Å². The minimum absolute atomic E-state index is 0.426. The van der Waals surface area contributed by atoms with Crippen LogP contribution in [0.15, 0.2) is 36.4 Å². The van der Waals surface area contributed by atoms with Crippen LogP contribution in [0.3, 0.4) is 0 Å². The number of hydrogen-bond acceptors (Lipinski definition) is 3. The maximum absolute atomic E-state index is 11.4. The first-order valence-corrected chi connectivity index (χ1v) is 6.01. The smallest absolute Gasteiger partial charge is 0.250 e. The van der Waals surface area contributed by atoms with Crippen molar-refractivity contribution in [1.29, 1.82) is 0 Å². The monoisotopic (exact) mass is 255 g/mol. The van der Waals surface area contributed by atoms with Crippen molar-refractivity contribution in [2.75, 3.05) is 11.1 Å². The molecule has 0 heterocycles. The predicted molar refractivity (Wildman–Crippen MR) is 78.6 cm³/mol. The summed E-state index contributed by atoms with van der Waals surface area (Å²) in [6, 6.07) is 11.0. The van der Waals surface area contributed by atoms with Gasteiger partial charge >= 0.3 is 0 Å². The molecule has 0 unspecified atom stereocenters. The van der Waals surface area contributed by atoms with Crippen LogP contribution in [0.1, 0.15) is 21.5 Å². The normalized spacial score (nSPS) is 10.2. The van der Waals surface area contributed by atoms with Gasteiger partial charge in [-0.2, -0.15) is 0 Å². The van der Waals surface area contributed by atoms with Crippen LogP contribution in [0.2, 0.25) is 0 Å². The van der Waals surface area contributed by atoms with E-state index in [1.54, 1.807) is 18.2 Å². The van der Waals surface area contributed by atoms with Gasteiger partial charge in [0.25, 0.3) is 5.91 Å². The highest BCUT2D eigenvalue weighted by molar-refractivity contribution is 6.00. The molecular formula is C15H17N3O. The van der Waals surface area contributed by atoms with E-state index in [1.165, 1.54) is 5.56 Å². The van der Waals surface area contributed by atoms with Crippen molar-refractivity contribution in [2.24, 2.45) is 5.73 Å². The molecule has 0 spiro atoms. The Morgan fingerprint density at radius 1 is 1.11 bits per heavy atom. The summed E-state index contributed by atoms with van der Waals surface area (Å²) in [5.41, 5.74) is 16.0. The molecule has 5 N–H and O–H groups in total. The standard InChI is InChI=1S/C15H17N3O/c1-9-4-3-5-13(10(9)2)18-14-8-11(16)6-7-12(14)15(17)19/h3-8,18H,16H2,1-2H3,(H2,17,19). The van der Waals surface area contributed by atoms with Gasteiger partial charge in [-0.15, -0.1) is 0 Å². The second-order valence-electron chi connectivity index (χ2n) is 4.54. The molecule has 2 rings (SSSR count). The third-order valence-corrected chi connectivity index (χ3v) is 3.18. The van der Waals surface area contributed by atoms with Crippen LogP contribution < -0.4 is 16.8 Å². The molecule has 0 atom stereocenters. The SMILES string of the molecule is Cc1cccc(Nc2cc(N)ccc2C(N)=O)c1C. The maximum Gasteiger partial charge on any atom is 0.250 e. The summed E-state index contributed by atoms with van der Waals surface area (Å²) < 4.78 is 0. The molecule has 0 radical (unpaired) electrons. The van der Waals surface area contributed by atoms with Crippen LogP contribution in [0.5, 0.6) is 0 Å². The average Bonchev–Trinajstić information content (AvgIpc) is 2.35. The molecule has 0 saturated heterocycles. The molecule has 2 aromatic carbocycles. The summed E-state index contributed by atoms with van der Waals surface area (Å²) in [5, 5.41) is 3.22. The number of rotatable bonds is 3. The quantitative estimate of drug-likeness (QED) is 0.737. The topological polar surface area (TPSA) is 81.1 Å². The number of primary amides is 1. The van der Waals surface area contributed by atoms with E-state index in [9.17, 15) is 4.79 Å². The molecule has 4 nitrogen and oxygen atoms in total. The molecule has 19 heavy (non-hydrogen) atoms. The third-order valence-electron chi connectivity index (χ3n) is 3.18. The summed E-state index contributed by atoms with van der Waals surface area (Å²) in [6.07, 6.45) is 0. The number of amides is 1. The molecule has 1 amide bonds. The van der Waals surface area contributed by atoms with Gasteiger partial charge in [0.15, 0.2) is 0 Å². The molecule has 4 heteroatoms. The zero-order chi connectivity index (χ0) is 14.0. The highest BCUT2D eigenvalue weighted by Crippen LogP contribution is 2.26. The minimum atomic E-state index is -0.479. The average molecular weight is 255 g/mol. The van der Waals surface area contributed by atoms with E-state index in [4.69, 9.17) is 11.5 Å². The molecule has 0 aliphatic rings. The third kappa shape index (κ3) is 2.68. The highest BCUT2D eigenvalue weighted by atomic mass is 16.1. The van der Waals surface area contributed by atoms with Gasteiger partial charge in [-0.1, -0.05) is 12.1 Å². The molecule has 0 aliphatic heterocycles. The largest absolute Gasteiger partial charge is 0.399 e. The first-order valence-electron chi connectivity index (χ1n) is 6.01. The van der Waals surface area contributed by atoms with E-state index in [-0.39, 0.29) is 0 Å². The number of hydrogen-bond donors (Lipinski definition) is 3. The maximum atomic E-state index is 11.4. The number of carbonyl (C=O) groups is 1. The van der Waals surface area contributed by atoms with E-state index in [2.05, 4.69) is 5.32 Å². The molecule has 0 bridgehead atoms. The number of carbonyl (C=O) groups excluding carboxylic acids is 1. The van der Waals surface area contributed by atoms with E-state index in [1.807, 2.05) is 32.0 Å².